The molecule has 23 heavy (non-hydrogen) atoms. The monoisotopic (exact) mass is 345 g/mol. The third-order valence-electron chi connectivity index (χ3n) is 3.43. The van der Waals surface area contributed by atoms with Gasteiger partial charge in [-0.3, -0.25) is 9.78 Å². The van der Waals surface area contributed by atoms with Gasteiger partial charge in [-0.05, 0) is 35.9 Å². The number of benzene rings is 1. The van der Waals surface area contributed by atoms with Crippen LogP contribution in [0.25, 0.3) is 10.1 Å². The van der Waals surface area contributed by atoms with Crippen LogP contribution in [0.5, 0.6) is 0 Å². The number of thiophene rings is 1. The molecule has 0 unspecified atom stereocenters. The fourth-order valence-corrected chi connectivity index (χ4v) is 3.39. The number of pyridine rings is 1. The summed E-state index contributed by atoms with van der Waals surface area (Å²) in [6, 6.07) is 8.52. The molecule has 0 aliphatic rings. The van der Waals surface area contributed by atoms with Crippen molar-refractivity contribution in [3.05, 3.63) is 63.8 Å². The maximum absolute atomic E-state index is 12.4. The van der Waals surface area contributed by atoms with E-state index in [9.17, 15) is 9.59 Å². The number of hydrogen-bond donors (Lipinski definition) is 0. The van der Waals surface area contributed by atoms with Crippen LogP contribution in [0.4, 0.5) is 0 Å². The summed E-state index contributed by atoms with van der Waals surface area (Å²) in [5, 5.41) is 1.44. The van der Waals surface area contributed by atoms with Gasteiger partial charge >= 0.3 is 5.97 Å². The number of rotatable bonds is 4. The van der Waals surface area contributed by atoms with E-state index in [0.29, 0.717) is 15.5 Å². The van der Waals surface area contributed by atoms with Crippen molar-refractivity contribution >= 4 is 44.8 Å². The number of hydrogen-bond acceptors (Lipinski definition) is 5. The summed E-state index contributed by atoms with van der Waals surface area (Å²) >= 11 is 7.14. The van der Waals surface area contributed by atoms with E-state index in [1.807, 2.05) is 0 Å². The summed E-state index contributed by atoms with van der Waals surface area (Å²) < 4.78 is 5.59. The topological polar surface area (TPSA) is 56.3 Å². The van der Waals surface area contributed by atoms with E-state index >= 15 is 0 Å². The highest BCUT2D eigenvalue weighted by molar-refractivity contribution is 7.20. The molecule has 0 fully saturated rings. The van der Waals surface area contributed by atoms with E-state index in [1.54, 1.807) is 42.7 Å². The molecule has 0 aliphatic heterocycles. The molecular formula is C17H12ClNO3S. The van der Waals surface area contributed by atoms with Crippen molar-refractivity contribution in [3.8, 4) is 0 Å². The largest absolute Gasteiger partial charge is 0.465 e. The summed E-state index contributed by atoms with van der Waals surface area (Å²) in [5.74, 6) is -0.414. The molecule has 116 valence electrons. The Morgan fingerprint density at radius 3 is 2.65 bits per heavy atom. The first-order valence-electron chi connectivity index (χ1n) is 6.82. The number of methoxy groups -OCH3 is 1. The van der Waals surface area contributed by atoms with Crippen LogP contribution in [-0.4, -0.2) is 23.8 Å². The molecule has 0 atom stereocenters. The van der Waals surface area contributed by atoms with Gasteiger partial charge in [0.1, 0.15) is 4.88 Å². The van der Waals surface area contributed by atoms with Crippen LogP contribution >= 0.6 is 22.9 Å². The zero-order chi connectivity index (χ0) is 16.4. The predicted octanol–water partition coefficient (Wildman–Crippen LogP) is 4.16. The van der Waals surface area contributed by atoms with E-state index in [2.05, 4.69) is 4.98 Å². The third kappa shape index (κ3) is 3.25. The molecule has 0 aliphatic carbocycles. The number of Topliss-reactive ketones (excluding diaryl/α,β-unsaturated/α-hetero) is 1. The smallest absolute Gasteiger partial charge is 0.348 e. The van der Waals surface area contributed by atoms with E-state index in [0.717, 1.165) is 15.6 Å². The molecule has 3 rings (SSSR count). The first kappa shape index (κ1) is 15.6. The summed E-state index contributed by atoms with van der Waals surface area (Å²) in [7, 11) is 1.34. The predicted molar refractivity (Wildman–Crippen MR) is 90.4 cm³/mol. The summed E-state index contributed by atoms with van der Waals surface area (Å²) in [4.78, 5) is 28.7. The Morgan fingerprint density at radius 1 is 1.22 bits per heavy atom. The van der Waals surface area contributed by atoms with Crippen LogP contribution in [0.15, 0.2) is 42.7 Å². The molecule has 3 aromatic rings. The van der Waals surface area contributed by atoms with Gasteiger partial charge in [0.05, 0.1) is 11.8 Å². The Bertz CT molecular complexity index is 886. The van der Waals surface area contributed by atoms with E-state index < -0.39 is 0 Å². The number of nitrogens with zero attached hydrogens (tertiary/aromatic N) is 1. The van der Waals surface area contributed by atoms with E-state index in [1.165, 1.54) is 18.4 Å². The zero-order valence-corrected chi connectivity index (χ0v) is 13.8. The summed E-state index contributed by atoms with van der Waals surface area (Å²) in [5.41, 5.74) is 1.38. The lowest BCUT2D eigenvalue weighted by atomic mass is 10.0. The minimum atomic E-state index is -0.388. The van der Waals surface area contributed by atoms with E-state index in [-0.39, 0.29) is 18.2 Å². The molecule has 6 heteroatoms. The van der Waals surface area contributed by atoms with Gasteiger partial charge in [-0.1, -0.05) is 11.6 Å². The van der Waals surface area contributed by atoms with Crippen LogP contribution in [0.2, 0.25) is 5.02 Å². The first-order valence-corrected chi connectivity index (χ1v) is 8.01. The minimum Gasteiger partial charge on any atom is -0.465 e. The van der Waals surface area contributed by atoms with E-state index in [4.69, 9.17) is 16.3 Å². The normalized spacial score (nSPS) is 10.7. The van der Waals surface area contributed by atoms with Crippen molar-refractivity contribution < 1.29 is 14.3 Å². The highest BCUT2D eigenvalue weighted by Crippen LogP contribution is 2.28. The van der Waals surface area contributed by atoms with Crippen molar-refractivity contribution in [1.29, 1.82) is 0 Å². The van der Waals surface area contributed by atoms with Crippen LogP contribution in [-0.2, 0) is 11.2 Å². The fraction of sp³-hybridized carbons (Fsp3) is 0.118. The molecule has 0 saturated carbocycles. The molecule has 2 aromatic heterocycles. The second-order valence-electron chi connectivity index (χ2n) is 4.92. The summed E-state index contributed by atoms with van der Waals surface area (Å²) in [6.45, 7) is 0. The zero-order valence-electron chi connectivity index (χ0n) is 12.2. The minimum absolute atomic E-state index is 0.0261. The maximum Gasteiger partial charge on any atom is 0.348 e. The van der Waals surface area contributed by atoms with Gasteiger partial charge < -0.3 is 4.74 Å². The molecular weight excluding hydrogens is 334 g/mol. The lowest BCUT2D eigenvalue weighted by molar-refractivity contribution is 0.0606. The van der Waals surface area contributed by atoms with Crippen molar-refractivity contribution in [2.45, 2.75) is 6.42 Å². The Balaban J connectivity index is 1.93. The average Bonchev–Trinajstić information content (AvgIpc) is 3.00. The van der Waals surface area contributed by atoms with Gasteiger partial charge in [-0.25, -0.2) is 4.79 Å². The van der Waals surface area contributed by atoms with Crippen molar-refractivity contribution in [2.24, 2.45) is 0 Å². The molecule has 4 nitrogen and oxygen atoms in total. The number of halogens is 1. The average molecular weight is 346 g/mol. The number of ether oxygens (including phenoxy) is 1. The second-order valence-corrected chi connectivity index (χ2v) is 6.44. The van der Waals surface area contributed by atoms with Gasteiger partial charge in [0.15, 0.2) is 5.78 Å². The van der Waals surface area contributed by atoms with Crippen molar-refractivity contribution in [1.82, 2.24) is 4.98 Å². The molecule has 0 N–H and O–H groups in total. The Hall–Kier alpha value is -2.24. The number of ketones is 1. The van der Waals surface area contributed by atoms with Gasteiger partial charge in [0.25, 0.3) is 0 Å². The Morgan fingerprint density at radius 2 is 1.96 bits per heavy atom. The van der Waals surface area contributed by atoms with Gasteiger partial charge in [0, 0.05) is 34.8 Å². The standard InChI is InChI=1S/C17H12ClNO3S/c1-22-17(21)15-7-13-11(8-19-9-16(13)23-15)6-14(20)10-2-4-12(18)5-3-10/h2-5,7-9H,6H2,1H3. The molecule has 0 amide bonds. The first-order chi connectivity index (χ1) is 11.1. The molecule has 2 heterocycles. The number of carbonyl (C=O) groups excluding carboxylic acids is 2. The third-order valence-corrected chi connectivity index (χ3v) is 4.73. The molecule has 0 saturated heterocycles. The molecule has 0 radical (unpaired) electrons. The highest BCUT2D eigenvalue weighted by Gasteiger charge is 2.15. The van der Waals surface area contributed by atoms with Crippen LogP contribution < -0.4 is 0 Å². The second kappa shape index (κ2) is 6.48. The number of carbonyl (C=O) groups is 2. The number of esters is 1. The van der Waals surface area contributed by atoms with Gasteiger partial charge in [0.2, 0.25) is 0 Å². The summed E-state index contributed by atoms with van der Waals surface area (Å²) in [6.07, 6.45) is 3.55. The van der Waals surface area contributed by atoms with Crippen LogP contribution in [0, 0.1) is 0 Å². The van der Waals surface area contributed by atoms with Crippen LogP contribution in [0.1, 0.15) is 25.6 Å². The highest BCUT2D eigenvalue weighted by atomic mass is 35.5. The van der Waals surface area contributed by atoms with Gasteiger partial charge in [-0.15, -0.1) is 11.3 Å². The van der Waals surface area contributed by atoms with Crippen molar-refractivity contribution in [3.63, 3.8) is 0 Å². The van der Waals surface area contributed by atoms with Crippen molar-refractivity contribution in [2.75, 3.05) is 7.11 Å². The Labute approximate surface area is 141 Å². The SMILES string of the molecule is COC(=O)c1cc2c(CC(=O)c3ccc(Cl)cc3)cncc2s1. The lowest BCUT2D eigenvalue weighted by Crippen LogP contribution is -2.04. The maximum atomic E-state index is 12.4. The lowest BCUT2D eigenvalue weighted by Gasteiger charge is -2.03. The number of aromatic nitrogens is 1. The Kier molecular flexibility index (Phi) is 4.41. The van der Waals surface area contributed by atoms with Gasteiger partial charge in [-0.2, -0.15) is 0 Å². The molecule has 0 spiro atoms. The number of fused-ring (bicyclic) bond motifs is 1. The van der Waals surface area contributed by atoms with Crippen LogP contribution in [0.3, 0.4) is 0 Å². The molecule has 1 aromatic carbocycles. The fourth-order valence-electron chi connectivity index (χ4n) is 2.27. The molecule has 0 bridgehead atoms. The quantitative estimate of drug-likeness (QED) is 0.526.